The number of nitrogens with one attached hydrogen (secondary N) is 1. The zero-order valence-corrected chi connectivity index (χ0v) is 14.5. The first kappa shape index (κ1) is 16.4. The Morgan fingerprint density at radius 1 is 1.28 bits per heavy atom. The van der Waals surface area contributed by atoms with Crippen LogP contribution in [0.3, 0.4) is 0 Å². The lowest BCUT2D eigenvalue weighted by Gasteiger charge is -2.23. The third-order valence-corrected chi connectivity index (χ3v) is 6.37. The van der Waals surface area contributed by atoms with Crippen molar-refractivity contribution in [1.29, 1.82) is 0 Å². The maximum atomic E-state index is 12.5. The minimum absolute atomic E-state index is 0.0947. The van der Waals surface area contributed by atoms with Gasteiger partial charge < -0.3 is 15.3 Å². The SMILES string of the molecule is O=C(NCc1ccn(C2CCCC2)n1)N1C[C@@H]2CCC[C@@]2(C(=O)O)C1. The van der Waals surface area contributed by atoms with Gasteiger partial charge in [0.15, 0.2) is 0 Å². The Morgan fingerprint density at radius 2 is 2.08 bits per heavy atom. The summed E-state index contributed by atoms with van der Waals surface area (Å²) >= 11 is 0. The van der Waals surface area contributed by atoms with Gasteiger partial charge in [0.1, 0.15) is 0 Å². The molecule has 0 radical (unpaired) electrons. The van der Waals surface area contributed by atoms with E-state index in [1.165, 1.54) is 25.7 Å². The van der Waals surface area contributed by atoms with Crippen LogP contribution in [0.2, 0.25) is 0 Å². The van der Waals surface area contributed by atoms with E-state index >= 15 is 0 Å². The van der Waals surface area contributed by atoms with Gasteiger partial charge >= 0.3 is 12.0 Å². The average molecular weight is 346 g/mol. The van der Waals surface area contributed by atoms with E-state index in [0.29, 0.717) is 32.1 Å². The van der Waals surface area contributed by atoms with Crippen LogP contribution in [0.4, 0.5) is 4.79 Å². The highest BCUT2D eigenvalue weighted by molar-refractivity contribution is 5.80. The van der Waals surface area contributed by atoms with Gasteiger partial charge in [-0.2, -0.15) is 5.10 Å². The van der Waals surface area contributed by atoms with Crippen LogP contribution < -0.4 is 5.32 Å². The first-order valence-electron chi connectivity index (χ1n) is 9.39. The van der Waals surface area contributed by atoms with Gasteiger partial charge in [-0.25, -0.2) is 4.79 Å². The van der Waals surface area contributed by atoms with Crippen molar-refractivity contribution >= 4 is 12.0 Å². The molecule has 1 aromatic rings. The van der Waals surface area contributed by atoms with Crippen LogP contribution in [0.25, 0.3) is 0 Å². The first-order valence-corrected chi connectivity index (χ1v) is 9.39. The largest absolute Gasteiger partial charge is 0.481 e. The fourth-order valence-electron chi connectivity index (χ4n) is 4.92. The maximum absolute atomic E-state index is 12.5. The van der Waals surface area contributed by atoms with E-state index in [9.17, 15) is 14.7 Å². The van der Waals surface area contributed by atoms with Crippen molar-refractivity contribution in [3.05, 3.63) is 18.0 Å². The molecule has 3 fully saturated rings. The summed E-state index contributed by atoms with van der Waals surface area (Å²) in [5.74, 6) is -0.655. The van der Waals surface area contributed by atoms with Crippen molar-refractivity contribution < 1.29 is 14.7 Å². The van der Waals surface area contributed by atoms with Crippen molar-refractivity contribution in [1.82, 2.24) is 20.0 Å². The standard InChI is InChI=1S/C18H26N4O3/c23-16(24)18-8-3-4-13(18)11-21(12-18)17(25)19-10-14-7-9-22(20-14)15-5-1-2-6-15/h7,9,13,15H,1-6,8,10-12H2,(H,19,25)(H,23,24)/t13-,18+/m0/s1. The summed E-state index contributed by atoms with van der Waals surface area (Å²) in [5, 5.41) is 17.1. The van der Waals surface area contributed by atoms with Crippen LogP contribution in [-0.4, -0.2) is 44.9 Å². The van der Waals surface area contributed by atoms with Crippen molar-refractivity contribution in [2.75, 3.05) is 13.1 Å². The van der Waals surface area contributed by atoms with Gasteiger partial charge in [-0.05, 0) is 37.7 Å². The molecule has 136 valence electrons. The molecule has 4 rings (SSSR count). The smallest absolute Gasteiger partial charge is 0.317 e. The molecule has 25 heavy (non-hydrogen) atoms. The number of carbonyl (C=O) groups is 2. The number of carboxylic acids is 1. The molecule has 0 bridgehead atoms. The van der Waals surface area contributed by atoms with Crippen molar-refractivity contribution in [3.8, 4) is 0 Å². The fraction of sp³-hybridized carbons (Fsp3) is 0.722. The molecule has 1 aliphatic heterocycles. The Labute approximate surface area is 147 Å². The van der Waals surface area contributed by atoms with Gasteiger partial charge in [0.25, 0.3) is 0 Å². The van der Waals surface area contributed by atoms with E-state index in [4.69, 9.17) is 0 Å². The summed E-state index contributed by atoms with van der Waals surface area (Å²) in [6, 6.07) is 2.28. The fourth-order valence-corrected chi connectivity index (χ4v) is 4.92. The number of hydrogen-bond acceptors (Lipinski definition) is 3. The number of carbonyl (C=O) groups excluding carboxylic acids is 1. The summed E-state index contributed by atoms with van der Waals surface area (Å²) < 4.78 is 2.02. The topological polar surface area (TPSA) is 87.5 Å². The summed E-state index contributed by atoms with van der Waals surface area (Å²) in [4.78, 5) is 25.8. The van der Waals surface area contributed by atoms with Crippen LogP contribution in [0.15, 0.2) is 12.3 Å². The van der Waals surface area contributed by atoms with Crippen molar-refractivity contribution in [2.24, 2.45) is 11.3 Å². The van der Waals surface area contributed by atoms with E-state index in [1.807, 2.05) is 16.9 Å². The second-order valence-corrected chi connectivity index (χ2v) is 7.82. The number of aliphatic carboxylic acids is 1. The van der Waals surface area contributed by atoms with Gasteiger partial charge in [-0.3, -0.25) is 9.48 Å². The molecule has 2 aliphatic carbocycles. The lowest BCUT2D eigenvalue weighted by atomic mass is 9.81. The number of rotatable bonds is 4. The Morgan fingerprint density at radius 3 is 2.80 bits per heavy atom. The van der Waals surface area contributed by atoms with E-state index in [-0.39, 0.29) is 11.9 Å². The quantitative estimate of drug-likeness (QED) is 0.876. The monoisotopic (exact) mass is 346 g/mol. The third-order valence-electron chi connectivity index (χ3n) is 6.37. The average Bonchev–Trinajstić information content (AvgIpc) is 3.34. The second-order valence-electron chi connectivity index (χ2n) is 7.82. The molecule has 7 nitrogen and oxygen atoms in total. The predicted molar refractivity (Wildman–Crippen MR) is 91.0 cm³/mol. The maximum Gasteiger partial charge on any atom is 0.317 e. The van der Waals surface area contributed by atoms with Crippen molar-refractivity contribution in [2.45, 2.75) is 57.5 Å². The lowest BCUT2D eigenvalue weighted by molar-refractivity contribution is -0.149. The first-order chi connectivity index (χ1) is 12.1. The predicted octanol–water partition coefficient (Wildman–Crippen LogP) is 2.39. The molecule has 2 atom stereocenters. The van der Waals surface area contributed by atoms with Gasteiger partial charge in [0.05, 0.1) is 23.7 Å². The van der Waals surface area contributed by atoms with E-state index in [0.717, 1.165) is 18.5 Å². The highest BCUT2D eigenvalue weighted by Crippen LogP contribution is 2.48. The molecule has 3 aliphatic rings. The summed E-state index contributed by atoms with van der Waals surface area (Å²) in [6.07, 6.45) is 9.42. The molecule has 7 heteroatoms. The molecule has 2 heterocycles. The van der Waals surface area contributed by atoms with Crippen LogP contribution in [-0.2, 0) is 11.3 Å². The third kappa shape index (κ3) is 2.89. The number of nitrogens with zero attached hydrogens (tertiary/aromatic N) is 3. The van der Waals surface area contributed by atoms with Crippen LogP contribution in [0.1, 0.15) is 56.7 Å². The van der Waals surface area contributed by atoms with Gasteiger partial charge in [-0.15, -0.1) is 0 Å². The molecule has 2 saturated carbocycles. The van der Waals surface area contributed by atoms with Crippen LogP contribution in [0.5, 0.6) is 0 Å². The van der Waals surface area contributed by atoms with E-state index < -0.39 is 11.4 Å². The minimum atomic E-state index is -0.749. The second kappa shape index (κ2) is 6.35. The number of aromatic nitrogens is 2. The zero-order chi connectivity index (χ0) is 17.4. The van der Waals surface area contributed by atoms with Gasteiger partial charge in [0, 0.05) is 19.3 Å². The molecule has 0 spiro atoms. The lowest BCUT2D eigenvalue weighted by Crippen LogP contribution is -2.41. The number of carboxylic acid groups (broad SMARTS) is 1. The molecular weight excluding hydrogens is 320 g/mol. The summed E-state index contributed by atoms with van der Waals surface area (Å²) in [5.41, 5.74) is 0.133. The molecular formula is C18H26N4O3. The molecule has 0 aromatic carbocycles. The summed E-state index contributed by atoms with van der Waals surface area (Å²) in [6.45, 7) is 1.27. The van der Waals surface area contributed by atoms with Crippen LogP contribution in [0, 0.1) is 11.3 Å². The van der Waals surface area contributed by atoms with Crippen molar-refractivity contribution in [3.63, 3.8) is 0 Å². The minimum Gasteiger partial charge on any atom is -0.481 e. The Bertz CT molecular complexity index is 667. The Hall–Kier alpha value is -2.05. The zero-order valence-electron chi connectivity index (χ0n) is 14.5. The number of hydrogen-bond donors (Lipinski definition) is 2. The van der Waals surface area contributed by atoms with Gasteiger partial charge in [-0.1, -0.05) is 19.3 Å². The van der Waals surface area contributed by atoms with Crippen LogP contribution >= 0.6 is 0 Å². The molecule has 2 N–H and O–H groups in total. The highest BCUT2D eigenvalue weighted by atomic mass is 16.4. The normalized spacial score (nSPS) is 29.1. The van der Waals surface area contributed by atoms with E-state index in [1.54, 1.807) is 4.90 Å². The molecule has 2 amide bonds. The number of amides is 2. The molecule has 1 aromatic heterocycles. The number of urea groups is 1. The molecule has 0 unspecified atom stereocenters. The number of likely N-dealkylation sites (tertiary alicyclic amines) is 1. The van der Waals surface area contributed by atoms with E-state index in [2.05, 4.69) is 10.4 Å². The number of fused-ring (bicyclic) bond motifs is 1. The van der Waals surface area contributed by atoms with Gasteiger partial charge in [0.2, 0.25) is 0 Å². The summed E-state index contributed by atoms with van der Waals surface area (Å²) in [7, 11) is 0. The Balaban J connectivity index is 1.33. The Kier molecular flexibility index (Phi) is 4.17. The highest BCUT2D eigenvalue weighted by Gasteiger charge is 2.55. The molecule has 1 saturated heterocycles.